The maximum atomic E-state index is 11.6. The molecule has 0 fully saturated rings. The van der Waals surface area contributed by atoms with Crippen LogP contribution < -0.4 is 0 Å². The zero-order valence-corrected chi connectivity index (χ0v) is 9.82. The highest BCUT2D eigenvalue weighted by Crippen LogP contribution is 2.23. The molecule has 1 amide bonds. The Morgan fingerprint density at radius 1 is 1.47 bits per heavy atom. The Bertz CT molecular complexity index is 418. The largest absolute Gasteiger partial charge is 0.345 e. The number of nitrogens with zero attached hydrogens (tertiary/aromatic N) is 2. The Labute approximate surface area is 95.0 Å². The molecule has 0 aromatic heterocycles. The smallest absolute Gasteiger partial charge is 0.270 e. The Morgan fingerprint density at radius 2 is 2.07 bits per heavy atom. The van der Waals surface area contributed by atoms with Crippen molar-refractivity contribution in [3.63, 3.8) is 0 Å². The fraction of sp³-hybridized carbons (Fsp3) is 0.222. The van der Waals surface area contributed by atoms with Crippen molar-refractivity contribution in [2.75, 3.05) is 14.1 Å². The summed E-state index contributed by atoms with van der Waals surface area (Å²) in [6.45, 7) is 0. The molecule has 0 atom stereocenters. The van der Waals surface area contributed by atoms with Crippen LogP contribution in [0.15, 0.2) is 22.7 Å². The number of hydrogen-bond donors (Lipinski definition) is 0. The summed E-state index contributed by atoms with van der Waals surface area (Å²) in [5.74, 6) is -0.197. The minimum atomic E-state index is -0.505. The van der Waals surface area contributed by atoms with E-state index in [1.807, 2.05) is 0 Å². The standard InChI is InChI=1S/C9H9BrN2O3/c1-11(2)9(13)7-4-3-6(12(14)15)5-8(7)10/h3-5H,1-2H3. The van der Waals surface area contributed by atoms with Gasteiger partial charge >= 0.3 is 0 Å². The summed E-state index contributed by atoms with van der Waals surface area (Å²) >= 11 is 3.13. The second-order valence-electron chi connectivity index (χ2n) is 3.12. The molecule has 1 aromatic rings. The molecule has 0 saturated carbocycles. The van der Waals surface area contributed by atoms with E-state index in [-0.39, 0.29) is 11.6 Å². The van der Waals surface area contributed by atoms with Crippen molar-refractivity contribution >= 4 is 27.5 Å². The van der Waals surface area contributed by atoms with E-state index in [9.17, 15) is 14.9 Å². The second kappa shape index (κ2) is 4.39. The monoisotopic (exact) mass is 272 g/mol. The molecule has 5 nitrogen and oxygen atoms in total. The molecule has 80 valence electrons. The van der Waals surface area contributed by atoms with E-state index in [0.717, 1.165) is 0 Å². The van der Waals surface area contributed by atoms with E-state index in [1.54, 1.807) is 14.1 Å². The number of hydrogen-bond acceptors (Lipinski definition) is 3. The third-order valence-electron chi connectivity index (χ3n) is 1.80. The minimum Gasteiger partial charge on any atom is -0.345 e. The third kappa shape index (κ3) is 2.53. The van der Waals surface area contributed by atoms with Gasteiger partial charge in [0, 0.05) is 30.7 Å². The molecule has 0 N–H and O–H groups in total. The van der Waals surface area contributed by atoms with Crippen LogP contribution in [0.25, 0.3) is 0 Å². The van der Waals surface area contributed by atoms with Gasteiger partial charge in [-0.05, 0) is 22.0 Å². The normalized spacial score (nSPS) is 9.80. The number of benzene rings is 1. The molecule has 0 spiro atoms. The van der Waals surface area contributed by atoms with Crippen LogP contribution in [0.2, 0.25) is 0 Å². The first kappa shape index (κ1) is 11.6. The molecular formula is C9H9BrN2O3. The number of halogens is 1. The highest BCUT2D eigenvalue weighted by atomic mass is 79.9. The predicted molar refractivity (Wildman–Crippen MR) is 58.8 cm³/mol. The van der Waals surface area contributed by atoms with Crippen LogP contribution in [0, 0.1) is 10.1 Å². The summed E-state index contributed by atoms with van der Waals surface area (Å²) < 4.78 is 0.426. The zero-order valence-electron chi connectivity index (χ0n) is 8.23. The molecule has 0 radical (unpaired) electrons. The van der Waals surface area contributed by atoms with Crippen LogP contribution >= 0.6 is 15.9 Å². The van der Waals surface area contributed by atoms with Crippen LogP contribution in [0.5, 0.6) is 0 Å². The number of nitro groups is 1. The zero-order chi connectivity index (χ0) is 11.6. The SMILES string of the molecule is CN(C)C(=O)c1ccc([N+](=O)[O-])cc1Br. The van der Waals surface area contributed by atoms with Gasteiger partial charge in [0.2, 0.25) is 0 Å². The van der Waals surface area contributed by atoms with E-state index in [2.05, 4.69) is 15.9 Å². The van der Waals surface area contributed by atoms with Crippen LogP contribution in [0.4, 0.5) is 5.69 Å². The summed E-state index contributed by atoms with van der Waals surface area (Å²) in [5, 5.41) is 10.5. The lowest BCUT2D eigenvalue weighted by molar-refractivity contribution is -0.384. The quantitative estimate of drug-likeness (QED) is 0.612. The number of carbonyl (C=O) groups is 1. The molecular weight excluding hydrogens is 264 g/mol. The van der Waals surface area contributed by atoms with Crippen LogP contribution in [0.1, 0.15) is 10.4 Å². The van der Waals surface area contributed by atoms with Crippen LogP contribution in [0.3, 0.4) is 0 Å². The summed E-state index contributed by atoms with van der Waals surface area (Å²) in [5.41, 5.74) is 0.364. The molecule has 0 heterocycles. The molecule has 1 aromatic carbocycles. The van der Waals surface area contributed by atoms with Crippen molar-refractivity contribution in [1.82, 2.24) is 4.90 Å². The molecule has 0 aliphatic heterocycles. The van der Waals surface area contributed by atoms with Crippen molar-refractivity contribution in [3.8, 4) is 0 Å². The van der Waals surface area contributed by atoms with Crippen LogP contribution in [-0.4, -0.2) is 29.8 Å². The summed E-state index contributed by atoms with van der Waals surface area (Å²) in [6.07, 6.45) is 0. The number of non-ortho nitro benzene ring substituents is 1. The second-order valence-corrected chi connectivity index (χ2v) is 3.98. The predicted octanol–water partition coefficient (Wildman–Crippen LogP) is 2.06. The van der Waals surface area contributed by atoms with Crippen LogP contribution in [-0.2, 0) is 0 Å². The lowest BCUT2D eigenvalue weighted by Crippen LogP contribution is -2.22. The molecule has 0 bridgehead atoms. The topological polar surface area (TPSA) is 63.5 Å². The van der Waals surface area contributed by atoms with Gasteiger partial charge in [0.1, 0.15) is 0 Å². The summed E-state index contributed by atoms with van der Waals surface area (Å²) in [7, 11) is 3.24. The lowest BCUT2D eigenvalue weighted by Gasteiger charge is -2.11. The highest BCUT2D eigenvalue weighted by Gasteiger charge is 2.15. The van der Waals surface area contributed by atoms with Gasteiger partial charge in [0.15, 0.2) is 0 Å². The van der Waals surface area contributed by atoms with Gasteiger partial charge in [-0.15, -0.1) is 0 Å². The Morgan fingerprint density at radius 3 is 2.47 bits per heavy atom. The van der Waals surface area contributed by atoms with E-state index < -0.39 is 4.92 Å². The Kier molecular flexibility index (Phi) is 3.41. The van der Waals surface area contributed by atoms with E-state index in [1.165, 1.54) is 23.1 Å². The summed E-state index contributed by atoms with van der Waals surface area (Å²) in [6, 6.07) is 4.06. The van der Waals surface area contributed by atoms with Gasteiger partial charge in [-0.1, -0.05) is 0 Å². The molecule has 0 saturated heterocycles. The number of nitro benzene ring substituents is 1. The minimum absolute atomic E-state index is 0.0443. The fourth-order valence-electron chi connectivity index (χ4n) is 1.03. The molecule has 0 aliphatic rings. The Hall–Kier alpha value is -1.43. The van der Waals surface area contributed by atoms with Gasteiger partial charge in [-0.3, -0.25) is 14.9 Å². The number of carbonyl (C=O) groups excluding carboxylic acids is 1. The third-order valence-corrected chi connectivity index (χ3v) is 2.46. The Balaban J connectivity index is 3.14. The lowest BCUT2D eigenvalue weighted by atomic mass is 10.2. The van der Waals surface area contributed by atoms with E-state index in [0.29, 0.717) is 10.0 Å². The first-order chi connectivity index (χ1) is 6.93. The molecule has 1 rings (SSSR count). The fourth-order valence-corrected chi connectivity index (χ4v) is 1.57. The van der Waals surface area contributed by atoms with Crippen molar-refractivity contribution in [3.05, 3.63) is 38.3 Å². The number of rotatable bonds is 2. The van der Waals surface area contributed by atoms with Gasteiger partial charge < -0.3 is 4.90 Å². The highest BCUT2D eigenvalue weighted by molar-refractivity contribution is 9.10. The van der Waals surface area contributed by atoms with Gasteiger partial charge in [0.05, 0.1) is 10.5 Å². The van der Waals surface area contributed by atoms with Crippen molar-refractivity contribution in [2.45, 2.75) is 0 Å². The van der Waals surface area contributed by atoms with E-state index in [4.69, 9.17) is 0 Å². The maximum Gasteiger partial charge on any atom is 0.270 e. The molecule has 0 unspecified atom stereocenters. The number of amides is 1. The molecule has 0 aliphatic carbocycles. The average molecular weight is 273 g/mol. The van der Waals surface area contributed by atoms with Crippen molar-refractivity contribution < 1.29 is 9.72 Å². The van der Waals surface area contributed by atoms with Crippen molar-refractivity contribution in [2.24, 2.45) is 0 Å². The summed E-state index contributed by atoms with van der Waals surface area (Å²) in [4.78, 5) is 22.9. The van der Waals surface area contributed by atoms with Crippen molar-refractivity contribution in [1.29, 1.82) is 0 Å². The average Bonchev–Trinajstić information content (AvgIpc) is 2.16. The first-order valence-corrected chi connectivity index (χ1v) is 4.88. The van der Waals surface area contributed by atoms with Gasteiger partial charge in [0.25, 0.3) is 11.6 Å². The molecule has 6 heteroatoms. The molecule has 15 heavy (non-hydrogen) atoms. The maximum absolute atomic E-state index is 11.6. The van der Waals surface area contributed by atoms with E-state index >= 15 is 0 Å². The van der Waals surface area contributed by atoms with Gasteiger partial charge in [-0.2, -0.15) is 0 Å². The first-order valence-electron chi connectivity index (χ1n) is 4.09. The van der Waals surface area contributed by atoms with Gasteiger partial charge in [-0.25, -0.2) is 0 Å².